The van der Waals surface area contributed by atoms with E-state index in [1.165, 1.54) is 24.3 Å². The van der Waals surface area contributed by atoms with E-state index in [1.54, 1.807) is 31.2 Å². The number of benzene rings is 2. The second kappa shape index (κ2) is 5.27. The van der Waals surface area contributed by atoms with Gasteiger partial charge in [-0.15, -0.1) is 0 Å². The first-order chi connectivity index (χ1) is 12.4. The van der Waals surface area contributed by atoms with Gasteiger partial charge in [-0.2, -0.15) is 0 Å². The number of nitrogens with zero attached hydrogens (tertiary/aromatic N) is 1. The number of aliphatic hydroxyl groups is 2. The first-order valence-electron chi connectivity index (χ1n) is 7.79. The third-order valence-corrected chi connectivity index (χ3v) is 4.42. The molecular weight excluding hydrogens is 338 g/mol. The van der Waals surface area contributed by atoms with Crippen molar-refractivity contribution in [3.63, 3.8) is 0 Å². The second-order valence-electron chi connectivity index (χ2n) is 6.09. The molecule has 1 amide bonds. The van der Waals surface area contributed by atoms with E-state index in [4.69, 9.17) is 4.74 Å². The van der Waals surface area contributed by atoms with E-state index in [1.807, 2.05) is 0 Å². The number of aliphatic hydroxyl groups excluding tert-OH is 1. The van der Waals surface area contributed by atoms with Crippen molar-refractivity contribution < 1.29 is 29.3 Å². The minimum atomic E-state index is -2.73. The molecular formula is C19H13NO6. The quantitative estimate of drug-likeness (QED) is 0.265. The summed E-state index contributed by atoms with van der Waals surface area (Å²) < 4.78 is 5.16. The molecule has 7 nitrogen and oxygen atoms in total. The number of ether oxygens (including phenoxy) is 1. The lowest BCUT2D eigenvalue weighted by Crippen LogP contribution is -2.57. The Morgan fingerprint density at radius 3 is 2.46 bits per heavy atom. The Morgan fingerprint density at radius 1 is 1.08 bits per heavy atom. The normalized spacial score (nSPS) is 23.5. The van der Waals surface area contributed by atoms with Gasteiger partial charge < -0.3 is 14.9 Å². The van der Waals surface area contributed by atoms with Gasteiger partial charge in [0.2, 0.25) is 0 Å². The van der Waals surface area contributed by atoms with Gasteiger partial charge in [0, 0.05) is 5.56 Å². The Kier molecular flexibility index (Phi) is 3.25. The summed E-state index contributed by atoms with van der Waals surface area (Å²) in [6.07, 6.45) is 0. The molecule has 0 saturated carbocycles. The van der Waals surface area contributed by atoms with Crippen LogP contribution in [0, 0.1) is 6.92 Å². The topological polar surface area (TPSA) is 104 Å². The van der Waals surface area contributed by atoms with Crippen molar-refractivity contribution in [1.82, 2.24) is 0 Å². The zero-order valence-corrected chi connectivity index (χ0v) is 13.6. The summed E-state index contributed by atoms with van der Waals surface area (Å²) >= 11 is 0. The summed E-state index contributed by atoms with van der Waals surface area (Å²) in [5.41, 5.74) is -2.42. The van der Waals surface area contributed by atoms with Gasteiger partial charge in [-0.05, 0) is 24.6 Å². The Morgan fingerprint density at radius 2 is 1.77 bits per heavy atom. The number of carbonyl (C=O) groups excluding carboxylic acids is 3. The van der Waals surface area contributed by atoms with E-state index in [0.717, 1.165) is 5.56 Å². The number of esters is 1. The molecule has 130 valence electrons. The molecule has 2 heterocycles. The van der Waals surface area contributed by atoms with Crippen molar-refractivity contribution in [3.8, 4) is 5.75 Å². The molecule has 1 atom stereocenters. The molecule has 1 fully saturated rings. The highest BCUT2D eigenvalue weighted by atomic mass is 16.6. The minimum Gasteiger partial charge on any atom is -0.507 e. The van der Waals surface area contributed by atoms with Crippen molar-refractivity contribution in [2.45, 2.75) is 12.6 Å². The fourth-order valence-corrected chi connectivity index (χ4v) is 3.17. The van der Waals surface area contributed by atoms with Crippen molar-refractivity contribution in [1.29, 1.82) is 0 Å². The molecule has 0 spiro atoms. The maximum absolute atomic E-state index is 12.5. The van der Waals surface area contributed by atoms with Crippen LogP contribution in [0.25, 0.3) is 5.76 Å². The molecule has 2 aromatic rings. The van der Waals surface area contributed by atoms with E-state index in [-0.39, 0.29) is 17.0 Å². The van der Waals surface area contributed by atoms with E-state index >= 15 is 0 Å². The molecule has 0 bridgehead atoms. The van der Waals surface area contributed by atoms with Crippen LogP contribution in [0.1, 0.15) is 11.1 Å². The number of amides is 1. The number of aryl methyl sites for hydroxylation is 1. The second-order valence-corrected chi connectivity index (χ2v) is 6.09. The minimum absolute atomic E-state index is 0.0567. The van der Waals surface area contributed by atoms with Gasteiger partial charge in [0.25, 0.3) is 11.5 Å². The third kappa shape index (κ3) is 1.94. The average Bonchev–Trinajstić information content (AvgIpc) is 2.83. The van der Waals surface area contributed by atoms with Gasteiger partial charge in [0.15, 0.2) is 5.75 Å². The van der Waals surface area contributed by atoms with E-state index in [9.17, 15) is 24.6 Å². The molecule has 26 heavy (non-hydrogen) atoms. The molecule has 1 saturated heterocycles. The highest BCUT2D eigenvalue weighted by molar-refractivity contribution is 6.54. The fraction of sp³-hybridized carbons (Fsp3) is 0.105. The van der Waals surface area contributed by atoms with E-state index < -0.39 is 34.7 Å². The molecule has 1 unspecified atom stereocenters. The lowest BCUT2D eigenvalue weighted by atomic mass is 9.96. The smallest absolute Gasteiger partial charge is 0.371 e. The van der Waals surface area contributed by atoms with Crippen LogP contribution in [-0.4, -0.2) is 33.6 Å². The highest BCUT2D eigenvalue weighted by Crippen LogP contribution is 2.46. The predicted molar refractivity (Wildman–Crippen MR) is 90.2 cm³/mol. The van der Waals surface area contributed by atoms with Crippen LogP contribution in [0.3, 0.4) is 0 Å². The van der Waals surface area contributed by atoms with Crippen LogP contribution in [0.15, 0.2) is 54.1 Å². The number of hydrogen-bond donors (Lipinski definition) is 2. The van der Waals surface area contributed by atoms with Gasteiger partial charge in [-0.3, -0.25) is 14.5 Å². The maximum atomic E-state index is 12.5. The molecule has 0 radical (unpaired) electrons. The maximum Gasteiger partial charge on any atom is 0.371 e. The van der Waals surface area contributed by atoms with Crippen molar-refractivity contribution >= 4 is 29.1 Å². The molecule has 0 aliphatic carbocycles. The number of hydrogen-bond acceptors (Lipinski definition) is 6. The molecule has 2 aliphatic heterocycles. The molecule has 0 aromatic heterocycles. The Hall–Kier alpha value is -3.45. The largest absolute Gasteiger partial charge is 0.507 e. The number of Topliss-reactive ketones (excluding diaryl/α,β-unsaturated/α-hetero) is 1. The summed E-state index contributed by atoms with van der Waals surface area (Å²) in [4.78, 5) is 38.3. The predicted octanol–water partition coefficient (Wildman–Crippen LogP) is 1.49. The monoisotopic (exact) mass is 351 g/mol. The summed E-state index contributed by atoms with van der Waals surface area (Å²) in [5.74, 6) is -4.11. The van der Waals surface area contributed by atoms with Crippen molar-refractivity contribution in [2.75, 3.05) is 4.90 Å². The van der Waals surface area contributed by atoms with Gasteiger partial charge in [-0.1, -0.05) is 36.4 Å². The third-order valence-electron chi connectivity index (χ3n) is 4.42. The van der Waals surface area contributed by atoms with Crippen LogP contribution >= 0.6 is 0 Å². The number of rotatable bonds is 1. The zero-order valence-electron chi connectivity index (χ0n) is 13.6. The molecule has 2 N–H and O–H groups in total. The van der Waals surface area contributed by atoms with Gasteiger partial charge in [0.05, 0.1) is 5.69 Å². The highest BCUT2D eigenvalue weighted by Gasteiger charge is 2.65. The Bertz CT molecular complexity index is 1010. The van der Waals surface area contributed by atoms with E-state index in [0.29, 0.717) is 4.90 Å². The van der Waals surface area contributed by atoms with Crippen LogP contribution in [-0.2, 0) is 14.4 Å². The SMILES string of the molecule is Cc1ccc2c(c1)OC(=O)C1(O)/C(=C(\O)c3ccccc3)C(=O)C(=O)N21. The summed E-state index contributed by atoms with van der Waals surface area (Å²) in [6, 6.07) is 12.5. The zero-order chi connectivity index (χ0) is 18.6. The number of carbonyl (C=O) groups is 3. The number of ketones is 1. The van der Waals surface area contributed by atoms with Gasteiger partial charge in [0.1, 0.15) is 11.3 Å². The van der Waals surface area contributed by atoms with Gasteiger partial charge in [-0.25, -0.2) is 4.79 Å². The first-order valence-corrected chi connectivity index (χ1v) is 7.79. The molecule has 2 aromatic carbocycles. The first kappa shape index (κ1) is 16.0. The standard InChI is InChI=1S/C19H13NO6/c1-10-7-8-12-13(9-10)26-18(24)19(25)14(16(22)17(23)20(12)19)15(21)11-5-3-2-4-6-11/h2-9,21,25H,1H3/b15-14-. The van der Waals surface area contributed by atoms with E-state index in [2.05, 4.69) is 0 Å². The van der Waals surface area contributed by atoms with Gasteiger partial charge >= 0.3 is 11.9 Å². The number of fused-ring (bicyclic) bond motifs is 3. The summed E-state index contributed by atoms with van der Waals surface area (Å²) in [6.45, 7) is 1.76. The summed E-state index contributed by atoms with van der Waals surface area (Å²) in [7, 11) is 0. The summed E-state index contributed by atoms with van der Waals surface area (Å²) in [5, 5.41) is 21.6. The van der Waals surface area contributed by atoms with Crippen LogP contribution in [0.2, 0.25) is 0 Å². The molecule has 2 aliphatic rings. The van der Waals surface area contributed by atoms with Crippen LogP contribution in [0.5, 0.6) is 5.75 Å². The van der Waals surface area contributed by atoms with Crippen LogP contribution < -0.4 is 9.64 Å². The Labute approximate surface area is 147 Å². The van der Waals surface area contributed by atoms with Crippen molar-refractivity contribution in [3.05, 3.63) is 65.2 Å². The molecule has 7 heteroatoms. The lowest BCUT2D eigenvalue weighted by molar-refractivity contribution is -0.153. The van der Waals surface area contributed by atoms with Crippen molar-refractivity contribution in [2.24, 2.45) is 0 Å². The fourth-order valence-electron chi connectivity index (χ4n) is 3.17. The van der Waals surface area contributed by atoms with Crippen LogP contribution in [0.4, 0.5) is 5.69 Å². The number of anilines is 1. The lowest BCUT2D eigenvalue weighted by Gasteiger charge is -2.36. The molecule has 4 rings (SSSR count). The Balaban J connectivity index is 1.99. The average molecular weight is 351 g/mol.